The second kappa shape index (κ2) is 3.87. The molecular weight excluding hydrogens is 158 g/mol. The van der Waals surface area contributed by atoms with Gasteiger partial charge in [-0.15, -0.1) is 0 Å². The van der Waals surface area contributed by atoms with Gasteiger partial charge in [-0.05, 0) is 4.99 Å². The molecule has 0 aliphatic carbocycles. The minimum Gasteiger partial charge on any atom is -0.356 e. The van der Waals surface area contributed by atoms with Crippen LogP contribution in [0.15, 0.2) is 11.1 Å². The molecule has 40 valence electrons. The van der Waals surface area contributed by atoms with Crippen LogP contribution >= 0.6 is 15.9 Å². The summed E-state index contributed by atoms with van der Waals surface area (Å²) in [5.74, 6) is -0.100. The van der Waals surface area contributed by atoms with E-state index in [0.29, 0.717) is 0 Å². The first-order chi connectivity index (χ1) is 3.31. The number of carbonyl (C=O) groups is 1. The molecule has 0 aliphatic rings. The van der Waals surface area contributed by atoms with E-state index < -0.39 is 0 Å². The van der Waals surface area contributed by atoms with Crippen molar-refractivity contribution in [3.8, 4) is 0 Å². The van der Waals surface area contributed by atoms with Crippen LogP contribution in [0.4, 0.5) is 0 Å². The van der Waals surface area contributed by atoms with Crippen molar-refractivity contribution in [3.05, 3.63) is 11.1 Å². The standard InChI is InChI=1S/C4H6BrNO/c1-6-4(7)2-3-5/h2-3H,1H3,(H,6,7)/b3-2-. The molecule has 0 aromatic carbocycles. The molecule has 0 spiro atoms. The molecule has 0 unspecified atom stereocenters. The van der Waals surface area contributed by atoms with Crippen molar-refractivity contribution in [3.63, 3.8) is 0 Å². The Morgan fingerprint density at radius 2 is 2.43 bits per heavy atom. The Bertz CT molecular complexity index is 89.7. The van der Waals surface area contributed by atoms with Gasteiger partial charge in [0.05, 0.1) is 0 Å². The highest BCUT2D eigenvalue weighted by Crippen LogP contribution is 1.79. The van der Waals surface area contributed by atoms with Gasteiger partial charge in [-0.3, -0.25) is 4.79 Å². The maximum Gasteiger partial charge on any atom is 0.244 e. The molecule has 0 heterocycles. The van der Waals surface area contributed by atoms with E-state index in [0.717, 1.165) is 0 Å². The number of amides is 1. The summed E-state index contributed by atoms with van der Waals surface area (Å²) in [6.45, 7) is 0. The maximum absolute atomic E-state index is 10.2. The molecule has 0 radical (unpaired) electrons. The summed E-state index contributed by atoms with van der Waals surface area (Å²) in [7, 11) is 1.58. The summed E-state index contributed by atoms with van der Waals surface area (Å²) in [4.78, 5) is 11.7. The second-order valence-electron chi connectivity index (χ2n) is 0.907. The van der Waals surface area contributed by atoms with Crippen LogP contribution in [0.25, 0.3) is 0 Å². The van der Waals surface area contributed by atoms with E-state index in [1.807, 2.05) is 0 Å². The molecule has 0 bridgehead atoms. The summed E-state index contributed by atoms with van der Waals surface area (Å²) in [5.41, 5.74) is 0. The summed E-state index contributed by atoms with van der Waals surface area (Å²) < 4.78 is 0. The third kappa shape index (κ3) is 3.52. The average Bonchev–Trinajstić information content (AvgIpc) is 1.68. The number of rotatable bonds is 1. The van der Waals surface area contributed by atoms with Crippen molar-refractivity contribution in [2.45, 2.75) is 0 Å². The fourth-order valence-electron chi connectivity index (χ4n) is 0.141. The Labute approximate surface area is 50.7 Å². The first-order valence-corrected chi connectivity index (χ1v) is 2.71. The lowest BCUT2D eigenvalue weighted by molar-refractivity contribution is -0.116. The van der Waals surface area contributed by atoms with Crippen LogP contribution < -0.4 is 5.32 Å². The lowest BCUT2D eigenvalue weighted by atomic mass is 10.6. The van der Waals surface area contributed by atoms with Gasteiger partial charge >= 0.3 is 0 Å². The number of hydrogen-bond donors (Lipinski definition) is 1. The summed E-state index contributed by atoms with van der Waals surface area (Å²) in [5, 5.41) is 2.41. The topological polar surface area (TPSA) is 29.1 Å². The summed E-state index contributed by atoms with van der Waals surface area (Å²) in [6.07, 6.45) is 1.39. The Balaban J connectivity index is 3.37. The van der Waals surface area contributed by atoms with Crippen molar-refractivity contribution >= 4 is 21.8 Å². The van der Waals surface area contributed by atoms with E-state index in [9.17, 15) is 4.79 Å². The molecule has 0 saturated heterocycles. The van der Waals surface area contributed by atoms with E-state index in [1.54, 1.807) is 7.05 Å². The van der Waals surface area contributed by atoms with E-state index in [2.05, 4.69) is 21.2 Å². The van der Waals surface area contributed by atoms with Crippen molar-refractivity contribution < 1.29 is 4.79 Å². The first kappa shape index (κ1) is 6.69. The van der Waals surface area contributed by atoms with E-state index >= 15 is 0 Å². The fraction of sp³-hybridized carbons (Fsp3) is 0.250. The van der Waals surface area contributed by atoms with Gasteiger partial charge in [-0.2, -0.15) is 0 Å². The molecule has 0 aromatic rings. The van der Waals surface area contributed by atoms with Gasteiger partial charge in [-0.25, -0.2) is 0 Å². The van der Waals surface area contributed by atoms with E-state index in [1.165, 1.54) is 11.1 Å². The van der Waals surface area contributed by atoms with Crippen LogP contribution in [0, 0.1) is 0 Å². The monoisotopic (exact) mass is 163 g/mol. The third-order valence-corrected chi connectivity index (χ3v) is 0.725. The summed E-state index contributed by atoms with van der Waals surface area (Å²) in [6, 6.07) is 0. The van der Waals surface area contributed by atoms with E-state index in [4.69, 9.17) is 0 Å². The molecule has 0 fully saturated rings. The Morgan fingerprint density at radius 3 is 2.57 bits per heavy atom. The Morgan fingerprint density at radius 1 is 1.86 bits per heavy atom. The van der Waals surface area contributed by atoms with Gasteiger partial charge in [0.25, 0.3) is 0 Å². The van der Waals surface area contributed by atoms with Gasteiger partial charge in [0.15, 0.2) is 0 Å². The lowest BCUT2D eigenvalue weighted by Gasteiger charge is -1.83. The van der Waals surface area contributed by atoms with Gasteiger partial charge in [0, 0.05) is 13.1 Å². The molecule has 0 aromatic heterocycles. The molecule has 0 aliphatic heterocycles. The highest BCUT2D eigenvalue weighted by molar-refractivity contribution is 9.11. The Hall–Kier alpha value is -0.310. The van der Waals surface area contributed by atoms with Crippen LogP contribution in [-0.2, 0) is 4.79 Å². The van der Waals surface area contributed by atoms with Crippen LogP contribution in [0.1, 0.15) is 0 Å². The number of halogens is 1. The quantitative estimate of drug-likeness (QED) is 0.566. The predicted molar refractivity (Wildman–Crippen MR) is 32.1 cm³/mol. The molecule has 1 N–H and O–H groups in total. The molecule has 0 rings (SSSR count). The van der Waals surface area contributed by atoms with Crippen molar-refractivity contribution in [1.29, 1.82) is 0 Å². The lowest BCUT2D eigenvalue weighted by Crippen LogP contribution is -2.13. The zero-order valence-electron chi connectivity index (χ0n) is 3.94. The normalized spacial score (nSPS) is 9.43. The zero-order chi connectivity index (χ0) is 5.70. The molecule has 0 atom stereocenters. The molecule has 2 nitrogen and oxygen atoms in total. The molecule has 1 amide bonds. The largest absolute Gasteiger partial charge is 0.356 e. The molecule has 0 saturated carbocycles. The smallest absolute Gasteiger partial charge is 0.244 e. The van der Waals surface area contributed by atoms with Gasteiger partial charge in [-0.1, -0.05) is 15.9 Å². The van der Waals surface area contributed by atoms with Crippen LogP contribution in [0.2, 0.25) is 0 Å². The van der Waals surface area contributed by atoms with Gasteiger partial charge in [0.1, 0.15) is 0 Å². The summed E-state index contributed by atoms with van der Waals surface area (Å²) >= 11 is 2.95. The van der Waals surface area contributed by atoms with E-state index in [-0.39, 0.29) is 5.91 Å². The number of likely N-dealkylation sites (N-methyl/N-ethyl adjacent to an activating group) is 1. The minimum absolute atomic E-state index is 0.100. The van der Waals surface area contributed by atoms with Gasteiger partial charge < -0.3 is 5.32 Å². The maximum atomic E-state index is 10.2. The van der Waals surface area contributed by atoms with Crippen molar-refractivity contribution in [1.82, 2.24) is 5.32 Å². The SMILES string of the molecule is CNC(=O)/C=C\Br. The van der Waals surface area contributed by atoms with Gasteiger partial charge in [0.2, 0.25) is 5.91 Å². The predicted octanol–water partition coefficient (Wildman–Crippen LogP) is 0.641. The Kier molecular flexibility index (Phi) is 3.69. The highest BCUT2D eigenvalue weighted by Gasteiger charge is 1.81. The first-order valence-electron chi connectivity index (χ1n) is 1.79. The highest BCUT2D eigenvalue weighted by atomic mass is 79.9. The minimum atomic E-state index is -0.100. The molecule has 3 heteroatoms. The molecule has 7 heavy (non-hydrogen) atoms. The second-order valence-corrected chi connectivity index (χ2v) is 1.44. The number of hydrogen-bond acceptors (Lipinski definition) is 1. The van der Waals surface area contributed by atoms with Crippen LogP contribution in [0.5, 0.6) is 0 Å². The number of nitrogens with one attached hydrogen (secondary N) is 1. The van der Waals surface area contributed by atoms with Crippen molar-refractivity contribution in [2.75, 3.05) is 7.05 Å². The average molecular weight is 164 g/mol. The zero-order valence-corrected chi connectivity index (χ0v) is 5.53. The molecular formula is C4H6BrNO. The fourth-order valence-corrected chi connectivity index (χ4v) is 0.381. The van der Waals surface area contributed by atoms with Crippen LogP contribution in [-0.4, -0.2) is 13.0 Å². The third-order valence-electron chi connectivity index (χ3n) is 0.461. The van der Waals surface area contributed by atoms with Crippen LogP contribution in [0.3, 0.4) is 0 Å². The number of carbonyl (C=O) groups excluding carboxylic acids is 1. The van der Waals surface area contributed by atoms with Crippen molar-refractivity contribution in [2.24, 2.45) is 0 Å².